The van der Waals surface area contributed by atoms with Gasteiger partial charge in [0.15, 0.2) is 5.96 Å². The standard InChI is InChI=1S/C15H18N4O/c1-11-3-5-13(6-4-11)19-15(16)18-10-12-7-8-17-14(9-12)20-2/h3-9H,10H2,1-2H3,(H3,16,18,19). The van der Waals surface area contributed by atoms with Crippen molar-refractivity contribution in [2.75, 3.05) is 12.4 Å². The van der Waals surface area contributed by atoms with Crippen LogP contribution >= 0.6 is 0 Å². The summed E-state index contributed by atoms with van der Waals surface area (Å²) in [4.78, 5) is 8.33. The Morgan fingerprint density at radius 3 is 2.75 bits per heavy atom. The van der Waals surface area contributed by atoms with Crippen molar-refractivity contribution in [3.05, 3.63) is 53.7 Å². The molecule has 0 amide bonds. The summed E-state index contributed by atoms with van der Waals surface area (Å²) in [5.41, 5.74) is 8.97. The molecule has 0 unspecified atom stereocenters. The number of pyridine rings is 1. The fourth-order valence-corrected chi connectivity index (χ4v) is 1.66. The first-order valence-electron chi connectivity index (χ1n) is 6.30. The van der Waals surface area contributed by atoms with Crippen LogP contribution in [0.3, 0.4) is 0 Å². The van der Waals surface area contributed by atoms with Crippen LogP contribution in [0.25, 0.3) is 0 Å². The molecule has 0 aliphatic rings. The number of aryl methyl sites for hydroxylation is 1. The van der Waals surface area contributed by atoms with Crippen molar-refractivity contribution in [1.29, 1.82) is 0 Å². The molecule has 1 aromatic carbocycles. The van der Waals surface area contributed by atoms with E-state index in [-0.39, 0.29) is 0 Å². The van der Waals surface area contributed by atoms with Crippen molar-refractivity contribution in [2.45, 2.75) is 13.5 Å². The van der Waals surface area contributed by atoms with Crippen LogP contribution in [0, 0.1) is 6.92 Å². The van der Waals surface area contributed by atoms with Gasteiger partial charge in [0.1, 0.15) is 0 Å². The molecule has 0 aliphatic carbocycles. The molecular formula is C15H18N4O. The van der Waals surface area contributed by atoms with Crippen LogP contribution in [-0.2, 0) is 6.54 Å². The molecule has 0 bridgehead atoms. The number of nitrogens with one attached hydrogen (secondary N) is 1. The second-order valence-electron chi connectivity index (χ2n) is 4.40. The van der Waals surface area contributed by atoms with Gasteiger partial charge in [0.2, 0.25) is 5.88 Å². The third-order valence-corrected chi connectivity index (χ3v) is 2.76. The van der Waals surface area contributed by atoms with E-state index in [0.29, 0.717) is 18.4 Å². The SMILES string of the molecule is COc1cc(CN=C(N)Nc2ccc(C)cc2)ccn1. The molecule has 0 saturated heterocycles. The minimum Gasteiger partial charge on any atom is -0.481 e. The van der Waals surface area contributed by atoms with Crippen LogP contribution in [0.4, 0.5) is 5.69 Å². The minimum atomic E-state index is 0.379. The van der Waals surface area contributed by atoms with E-state index in [1.54, 1.807) is 13.3 Å². The molecule has 20 heavy (non-hydrogen) atoms. The zero-order chi connectivity index (χ0) is 14.4. The van der Waals surface area contributed by atoms with Crippen LogP contribution in [0.5, 0.6) is 5.88 Å². The Hall–Kier alpha value is -2.56. The molecule has 104 valence electrons. The number of rotatable bonds is 4. The van der Waals surface area contributed by atoms with E-state index >= 15 is 0 Å². The highest BCUT2D eigenvalue weighted by molar-refractivity contribution is 5.92. The largest absolute Gasteiger partial charge is 0.481 e. The molecule has 0 atom stereocenters. The maximum atomic E-state index is 5.85. The van der Waals surface area contributed by atoms with Gasteiger partial charge in [-0.05, 0) is 30.7 Å². The Bertz CT molecular complexity index is 593. The van der Waals surface area contributed by atoms with Crippen molar-refractivity contribution in [3.63, 3.8) is 0 Å². The minimum absolute atomic E-state index is 0.379. The number of anilines is 1. The zero-order valence-electron chi connectivity index (χ0n) is 11.6. The number of nitrogens with zero attached hydrogens (tertiary/aromatic N) is 2. The van der Waals surface area contributed by atoms with Gasteiger partial charge in [-0.1, -0.05) is 17.7 Å². The number of methoxy groups -OCH3 is 1. The smallest absolute Gasteiger partial charge is 0.213 e. The quantitative estimate of drug-likeness (QED) is 0.660. The van der Waals surface area contributed by atoms with Crippen LogP contribution < -0.4 is 15.8 Å². The van der Waals surface area contributed by atoms with Crippen LogP contribution in [0.15, 0.2) is 47.6 Å². The van der Waals surface area contributed by atoms with E-state index in [4.69, 9.17) is 10.5 Å². The lowest BCUT2D eigenvalue weighted by atomic mass is 10.2. The van der Waals surface area contributed by atoms with E-state index < -0.39 is 0 Å². The number of aromatic nitrogens is 1. The molecule has 0 aliphatic heterocycles. The first kappa shape index (κ1) is 13.9. The lowest BCUT2D eigenvalue weighted by molar-refractivity contribution is 0.397. The molecular weight excluding hydrogens is 252 g/mol. The summed E-state index contributed by atoms with van der Waals surface area (Å²) in [5.74, 6) is 0.951. The number of nitrogens with two attached hydrogens (primary N) is 1. The van der Waals surface area contributed by atoms with Crippen molar-refractivity contribution >= 4 is 11.6 Å². The summed E-state index contributed by atoms with van der Waals surface area (Å²) >= 11 is 0. The molecule has 1 heterocycles. The molecule has 1 aromatic heterocycles. The third-order valence-electron chi connectivity index (χ3n) is 2.76. The van der Waals surface area contributed by atoms with Gasteiger partial charge < -0.3 is 15.8 Å². The number of aliphatic imine (C=N–C) groups is 1. The number of hydrogen-bond acceptors (Lipinski definition) is 3. The monoisotopic (exact) mass is 270 g/mol. The fourth-order valence-electron chi connectivity index (χ4n) is 1.66. The summed E-state index contributed by atoms with van der Waals surface area (Å²) in [7, 11) is 1.59. The highest BCUT2D eigenvalue weighted by Crippen LogP contribution is 2.10. The van der Waals surface area contributed by atoms with Crippen molar-refractivity contribution in [3.8, 4) is 5.88 Å². The zero-order valence-corrected chi connectivity index (χ0v) is 11.6. The molecule has 3 N–H and O–H groups in total. The molecule has 2 rings (SSSR count). The average molecular weight is 270 g/mol. The second-order valence-corrected chi connectivity index (χ2v) is 4.40. The van der Waals surface area contributed by atoms with E-state index in [0.717, 1.165) is 11.3 Å². The van der Waals surface area contributed by atoms with Gasteiger partial charge >= 0.3 is 0 Å². The van der Waals surface area contributed by atoms with Crippen molar-refractivity contribution in [2.24, 2.45) is 10.7 Å². The highest BCUT2D eigenvalue weighted by Gasteiger charge is 1.98. The lowest BCUT2D eigenvalue weighted by Crippen LogP contribution is -2.22. The maximum absolute atomic E-state index is 5.85. The fraction of sp³-hybridized carbons (Fsp3) is 0.200. The maximum Gasteiger partial charge on any atom is 0.213 e. The van der Waals surface area contributed by atoms with E-state index in [1.165, 1.54) is 5.56 Å². The van der Waals surface area contributed by atoms with Crippen LogP contribution in [0.1, 0.15) is 11.1 Å². The predicted molar refractivity (Wildman–Crippen MR) is 80.9 cm³/mol. The van der Waals surface area contributed by atoms with E-state index in [1.807, 2.05) is 43.3 Å². The number of hydrogen-bond donors (Lipinski definition) is 2. The summed E-state index contributed by atoms with van der Waals surface area (Å²) in [5, 5.41) is 3.05. The summed E-state index contributed by atoms with van der Waals surface area (Å²) in [6, 6.07) is 11.7. The normalized spacial score (nSPS) is 11.2. The first-order chi connectivity index (χ1) is 9.67. The number of ether oxygens (including phenoxy) is 1. The first-order valence-corrected chi connectivity index (χ1v) is 6.30. The van der Waals surface area contributed by atoms with Crippen LogP contribution in [-0.4, -0.2) is 18.1 Å². The average Bonchev–Trinajstić information content (AvgIpc) is 2.48. The number of benzene rings is 1. The van der Waals surface area contributed by atoms with Gasteiger partial charge in [-0.3, -0.25) is 0 Å². The third kappa shape index (κ3) is 3.98. The molecule has 5 heteroatoms. The number of guanidine groups is 1. The molecule has 0 saturated carbocycles. The summed E-state index contributed by atoms with van der Waals surface area (Å²) < 4.78 is 5.06. The Morgan fingerprint density at radius 2 is 2.05 bits per heavy atom. The Morgan fingerprint density at radius 1 is 1.30 bits per heavy atom. The molecule has 0 fully saturated rings. The van der Waals surface area contributed by atoms with Gasteiger partial charge in [0, 0.05) is 18.0 Å². The molecule has 0 spiro atoms. The predicted octanol–water partition coefficient (Wildman–Crippen LogP) is 2.33. The second kappa shape index (κ2) is 6.56. The topological polar surface area (TPSA) is 72.5 Å². The van der Waals surface area contributed by atoms with E-state index in [2.05, 4.69) is 15.3 Å². The molecule has 2 aromatic rings. The summed E-state index contributed by atoms with van der Waals surface area (Å²) in [6.07, 6.45) is 1.69. The van der Waals surface area contributed by atoms with Gasteiger partial charge in [0.25, 0.3) is 0 Å². The van der Waals surface area contributed by atoms with Gasteiger partial charge in [-0.15, -0.1) is 0 Å². The van der Waals surface area contributed by atoms with Gasteiger partial charge in [-0.25, -0.2) is 9.98 Å². The highest BCUT2D eigenvalue weighted by atomic mass is 16.5. The van der Waals surface area contributed by atoms with Crippen molar-refractivity contribution in [1.82, 2.24) is 4.98 Å². The Kier molecular flexibility index (Phi) is 4.55. The van der Waals surface area contributed by atoms with Gasteiger partial charge in [0.05, 0.1) is 13.7 Å². The molecule has 5 nitrogen and oxygen atoms in total. The summed E-state index contributed by atoms with van der Waals surface area (Å²) in [6.45, 7) is 2.52. The Labute approximate surface area is 118 Å². The van der Waals surface area contributed by atoms with Gasteiger partial charge in [-0.2, -0.15) is 0 Å². The lowest BCUT2D eigenvalue weighted by Gasteiger charge is -2.06. The van der Waals surface area contributed by atoms with Crippen molar-refractivity contribution < 1.29 is 4.74 Å². The van der Waals surface area contributed by atoms with E-state index in [9.17, 15) is 0 Å². The molecule has 0 radical (unpaired) electrons. The Balaban J connectivity index is 1.98. The van der Waals surface area contributed by atoms with Crippen LogP contribution in [0.2, 0.25) is 0 Å².